The number of likely N-dealkylation sites (tertiary alicyclic amines) is 1. The third-order valence-corrected chi connectivity index (χ3v) is 7.71. The fourth-order valence-corrected chi connectivity index (χ4v) is 5.29. The predicted octanol–water partition coefficient (Wildman–Crippen LogP) is 3.30. The van der Waals surface area contributed by atoms with Crippen LogP contribution in [0.15, 0.2) is 30.6 Å². The highest BCUT2D eigenvalue weighted by Gasteiger charge is 2.64. The van der Waals surface area contributed by atoms with Gasteiger partial charge in [0.1, 0.15) is 24.1 Å². The molecule has 5 rings (SSSR count). The summed E-state index contributed by atoms with van der Waals surface area (Å²) in [6.07, 6.45) is 5.90. The van der Waals surface area contributed by atoms with Gasteiger partial charge in [-0.2, -0.15) is 5.10 Å². The summed E-state index contributed by atoms with van der Waals surface area (Å²) in [6.45, 7) is 9.40. The first kappa shape index (κ1) is 24.1. The number of rotatable bonds is 7. The lowest BCUT2D eigenvalue weighted by molar-refractivity contribution is -0.140. The van der Waals surface area contributed by atoms with Gasteiger partial charge < -0.3 is 10.2 Å². The molecule has 1 aliphatic carbocycles. The Hall–Kier alpha value is -3.62. The maximum absolute atomic E-state index is 13.6. The zero-order valence-corrected chi connectivity index (χ0v) is 21.4. The molecule has 0 radical (unpaired) electrons. The van der Waals surface area contributed by atoms with Crippen LogP contribution in [0.5, 0.6) is 0 Å². The summed E-state index contributed by atoms with van der Waals surface area (Å²) in [5.74, 6) is 0.262. The zero-order valence-electron chi connectivity index (χ0n) is 21.4. The Morgan fingerprint density at radius 3 is 2.56 bits per heavy atom. The Kier molecular flexibility index (Phi) is 5.89. The molecule has 2 amide bonds. The molecule has 36 heavy (non-hydrogen) atoms. The molecule has 2 fully saturated rings. The fourth-order valence-electron chi connectivity index (χ4n) is 5.29. The SMILES string of the molecule is CC[C@@H](C)NC(=O)[C@@H]1C[C@@]2(C)CC2N1C(=O)Cn1nc(C(C)=O)c2cc(-c3cnc(C)nc3)ccc21. The van der Waals surface area contributed by atoms with Gasteiger partial charge in [0.2, 0.25) is 11.8 Å². The van der Waals surface area contributed by atoms with Crippen LogP contribution >= 0.6 is 0 Å². The van der Waals surface area contributed by atoms with E-state index in [1.807, 2.05) is 39.0 Å². The average Bonchev–Trinajstić information content (AvgIpc) is 3.21. The number of ketones is 1. The van der Waals surface area contributed by atoms with E-state index < -0.39 is 6.04 Å². The summed E-state index contributed by atoms with van der Waals surface area (Å²) in [5.41, 5.74) is 2.71. The lowest BCUT2D eigenvalue weighted by atomic mass is 10.0. The Bertz CT molecular complexity index is 1360. The highest BCUT2D eigenvalue weighted by molar-refractivity contribution is 6.06. The lowest BCUT2D eigenvalue weighted by Gasteiger charge is -2.28. The maximum Gasteiger partial charge on any atom is 0.245 e. The number of aromatic nitrogens is 4. The van der Waals surface area contributed by atoms with E-state index in [0.717, 1.165) is 24.0 Å². The molecule has 0 bridgehead atoms. The summed E-state index contributed by atoms with van der Waals surface area (Å²) in [4.78, 5) is 49.3. The molecule has 1 aromatic carbocycles. The van der Waals surface area contributed by atoms with Crippen LogP contribution in [0.1, 0.15) is 63.3 Å². The van der Waals surface area contributed by atoms with Gasteiger partial charge in [-0.15, -0.1) is 0 Å². The normalized spacial score (nSPS) is 23.4. The molecule has 1 N–H and O–H groups in total. The quantitative estimate of drug-likeness (QED) is 0.511. The van der Waals surface area contributed by atoms with Gasteiger partial charge >= 0.3 is 0 Å². The second-order valence-corrected chi connectivity index (χ2v) is 10.5. The van der Waals surface area contributed by atoms with Gasteiger partial charge in [-0.3, -0.25) is 19.1 Å². The number of benzene rings is 1. The third-order valence-electron chi connectivity index (χ3n) is 7.71. The highest BCUT2D eigenvalue weighted by Crippen LogP contribution is 2.59. The number of hydrogen-bond acceptors (Lipinski definition) is 6. The molecule has 0 spiro atoms. The number of piperidine rings is 1. The number of hydrogen-bond donors (Lipinski definition) is 1. The van der Waals surface area contributed by atoms with E-state index in [4.69, 9.17) is 0 Å². The van der Waals surface area contributed by atoms with E-state index in [0.29, 0.717) is 28.8 Å². The molecular formula is C27H32N6O3. The molecule has 3 heterocycles. The largest absolute Gasteiger partial charge is 0.352 e. The van der Waals surface area contributed by atoms with E-state index in [-0.39, 0.29) is 41.6 Å². The van der Waals surface area contributed by atoms with E-state index in [9.17, 15) is 14.4 Å². The molecule has 9 nitrogen and oxygen atoms in total. The minimum atomic E-state index is -0.475. The van der Waals surface area contributed by atoms with Crippen molar-refractivity contribution in [2.45, 2.75) is 78.6 Å². The summed E-state index contributed by atoms with van der Waals surface area (Å²) in [7, 11) is 0. The van der Waals surface area contributed by atoms with Crippen molar-refractivity contribution >= 4 is 28.5 Å². The van der Waals surface area contributed by atoms with Gasteiger partial charge in [-0.05, 0) is 56.2 Å². The first-order valence-corrected chi connectivity index (χ1v) is 12.5. The summed E-state index contributed by atoms with van der Waals surface area (Å²) in [6, 6.07) is 5.33. The van der Waals surface area contributed by atoms with Gasteiger partial charge in [0.05, 0.1) is 5.52 Å². The van der Waals surface area contributed by atoms with E-state index in [2.05, 4.69) is 27.3 Å². The monoisotopic (exact) mass is 488 g/mol. The van der Waals surface area contributed by atoms with Crippen LogP contribution in [0.25, 0.3) is 22.0 Å². The van der Waals surface area contributed by atoms with Gasteiger partial charge in [-0.1, -0.05) is 19.9 Å². The molecule has 1 aliphatic heterocycles. The maximum atomic E-state index is 13.6. The molecule has 9 heteroatoms. The predicted molar refractivity (Wildman–Crippen MR) is 135 cm³/mol. The second-order valence-electron chi connectivity index (χ2n) is 10.5. The standard InChI is InChI=1S/C27H32N6O3/c1-6-15(2)30-26(36)22-10-27(5)11-23(27)33(22)24(35)14-32-21-8-7-18(19-12-28-17(4)29-13-19)9-20(21)25(31-32)16(3)34/h7-9,12-13,15,22-23H,6,10-11,14H2,1-5H3,(H,30,36)/t15-,22+,23?,27+/m1/s1. The van der Waals surface area contributed by atoms with Crippen LogP contribution in [-0.2, 0) is 16.1 Å². The van der Waals surface area contributed by atoms with Crippen LogP contribution < -0.4 is 5.32 Å². The number of carbonyl (C=O) groups excluding carboxylic acids is 3. The zero-order chi connectivity index (χ0) is 25.8. The molecule has 4 atom stereocenters. The molecule has 2 aromatic heterocycles. The Labute approximate surface area is 210 Å². The first-order chi connectivity index (χ1) is 17.1. The van der Waals surface area contributed by atoms with Gasteiger partial charge in [-0.25, -0.2) is 9.97 Å². The van der Waals surface area contributed by atoms with Crippen LogP contribution in [0.2, 0.25) is 0 Å². The van der Waals surface area contributed by atoms with Crippen molar-refractivity contribution in [3.63, 3.8) is 0 Å². The van der Waals surface area contributed by atoms with Gasteiger partial charge in [0, 0.05) is 42.4 Å². The molecular weight excluding hydrogens is 456 g/mol. The van der Waals surface area contributed by atoms with Gasteiger partial charge in [0.15, 0.2) is 5.78 Å². The smallest absolute Gasteiger partial charge is 0.245 e. The van der Waals surface area contributed by atoms with Crippen LogP contribution in [0, 0.1) is 12.3 Å². The lowest BCUT2D eigenvalue weighted by Crippen LogP contribution is -2.50. The van der Waals surface area contributed by atoms with Crippen molar-refractivity contribution in [3.05, 3.63) is 42.1 Å². The number of nitrogens with one attached hydrogen (secondary N) is 1. The number of nitrogens with zero attached hydrogens (tertiary/aromatic N) is 5. The van der Waals surface area contributed by atoms with Crippen LogP contribution in [0.3, 0.4) is 0 Å². The van der Waals surface area contributed by atoms with Gasteiger partial charge in [0.25, 0.3) is 0 Å². The molecule has 1 saturated heterocycles. The summed E-state index contributed by atoms with van der Waals surface area (Å²) >= 11 is 0. The topological polar surface area (TPSA) is 110 Å². The number of amides is 2. The minimum absolute atomic E-state index is 0.00510. The van der Waals surface area contributed by atoms with Crippen LogP contribution in [0.4, 0.5) is 0 Å². The third kappa shape index (κ3) is 4.16. The first-order valence-electron chi connectivity index (χ1n) is 12.5. The second kappa shape index (κ2) is 8.80. The van der Waals surface area contributed by atoms with Crippen molar-refractivity contribution in [1.82, 2.24) is 30.0 Å². The minimum Gasteiger partial charge on any atom is -0.352 e. The Morgan fingerprint density at radius 2 is 1.89 bits per heavy atom. The summed E-state index contributed by atoms with van der Waals surface area (Å²) in [5, 5.41) is 8.24. The molecule has 188 valence electrons. The van der Waals surface area contributed by atoms with Crippen LogP contribution in [-0.4, -0.2) is 60.4 Å². The fraction of sp³-hybridized carbons (Fsp3) is 0.481. The van der Waals surface area contributed by atoms with Crippen molar-refractivity contribution in [3.8, 4) is 11.1 Å². The van der Waals surface area contributed by atoms with Crippen molar-refractivity contribution in [2.75, 3.05) is 0 Å². The van der Waals surface area contributed by atoms with E-state index in [1.54, 1.807) is 22.0 Å². The molecule has 2 aliphatic rings. The highest BCUT2D eigenvalue weighted by atomic mass is 16.2. The van der Waals surface area contributed by atoms with Crippen molar-refractivity contribution in [2.24, 2.45) is 5.41 Å². The van der Waals surface area contributed by atoms with E-state index >= 15 is 0 Å². The number of carbonyl (C=O) groups is 3. The average molecular weight is 489 g/mol. The van der Waals surface area contributed by atoms with E-state index in [1.165, 1.54) is 6.92 Å². The van der Waals surface area contributed by atoms with Crippen molar-refractivity contribution in [1.29, 1.82) is 0 Å². The Morgan fingerprint density at radius 1 is 1.17 bits per heavy atom. The molecule has 3 aromatic rings. The number of aryl methyl sites for hydroxylation is 1. The molecule has 1 unspecified atom stereocenters. The number of fused-ring (bicyclic) bond motifs is 2. The Balaban J connectivity index is 1.45. The number of Topliss-reactive ketones (excluding diaryl/α,β-unsaturated/α-hetero) is 1. The molecule has 1 saturated carbocycles. The summed E-state index contributed by atoms with van der Waals surface area (Å²) < 4.78 is 1.59. The van der Waals surface area contributed by atoms with Crippen molar-refractivity contribution < 1.29 is 14.4 Å².